The number of hydrogen-bond donors (Lipinski definition) is 1. The molecule has 0 atom stereocenters. The van der Waals surface area contributed by atoms with E-state index in [2.05, 4.69) is 31.3 Å². The van der Waals surface area contributed by atoms with E-state index in [0.29, 0.717) is 18.0 Å². The monoisotopic (exact) mass is 346 g/mol. The fourth-order valence-corrected chi connectivity index (χ4v) is 2.13. The molecular formula is C14H11BrN4O2. The highest BCUT2D eigenvalue weighted by atomic mass is 79.9. The van der Waals surface area contributed by atoms with Gasteiger partial charge >= 0.3 is 0 Å². The molecule has 3 rings (SSSR count). The van der Waals surface area contributed by atoms with Crippen molar-refractivity contribution in [3.8, 4) is 0 Å². The second kappa shape index (κ2) is 5.92. The molecule has 0 radical (unpaired) electrons. The van der Waals surface area contributed by atoms with Gasteiger partial charge in [-0.15, -0.1) is 0 Å². The summed E-state index contributed by atoms with van der Waals surface area (Å²) < 4.78 is 8.14. The summed E-state index contributed by atoms with van der Waals surface area (Å²) in [6.45, 7) is 0.466. The first-order chi connectivity index (χ1) is 10.2. The van der Waals surface area contributed by atoms with Crippen LogP contribution >= 0.6 is 15.9 Å². The van der Waals surface area contributed by atoms with E-state index < -0.39 is 0 Å². The number of furan rings is 1. The molecule has 3 heterocycles. The Morgan fingerprint density at radius 2 is 2.10 bits per heavy atom. The van der Waals surface area contributed by atoms with Crippen molar-refractivity contribution in [2.45, 2.75) is 6.54 Å². The van der Waals surface area contributed by atoms with E-state index >= 15 is 0 Å². The zero-order chi connectivity index (χ0) is 14.7. The summed E-state index contributed by atoms with van der Waals surface area (Å²) in [6.07, 6.45) is 6.75. The second-order valence-electron chi connectivity index (χ2n) is 4.31. The summed E-state index contributed by atoms with van der Waals surface area (Å²) in [5.74, 6) is 0.618. The molecule has 0 saturated carbocycles. The van der Waals surface area contributed by atoms with Gasteiger partial charge in [-0.25, -0.2) is 0 Å². The molecular weight excluding hydrogens is 336 g/mol. The molecule has 0 aliphatic heterocycles. The molecule has 0 unspecified atom stereocenters. The molecule has 1 amide bonds. The third-order valence-electron chi connectivity index (χ3n) is 2.74. The van der Waals surface area contributed by atoms with Crippen molar-refractivity contribution in [3.05, 3.63) is 65.0 Å². The SMILES string of the molecule is O=C(Nc1ccncc1)c1ccc(Cn2cc(Br)cn2)o1. The first kappa shape index (κ1) is 13.6. The molecule has 0 spiro atoms. The van der Waals surface area contributed by atoms with Crippen molar-refractivity contribution in [1.82, 2.24) is 14.8 Å². The minimum atomic E-state index is -0.297. The predicted molar refractivity (Wildman–Crippen MR) is 79.9 cm³/mol. The van der Waals surface area contributed by atoms with Gasteiger partial charge in [0, 0.05) is 24.3 Å². The van der Waals surface area contributed by atoms with E-state index in [1.807, 2.05) is 6.20 Å². The zero-order valence-corrected chi connectivity index (χ0v) is 12.4. The number of carbonyl (C=O) groups excluding carboxylic acids is 1. The summed E-state index contributed by atoms with van der Waals surface area (Å²) in [4.78, 5) is 15.9. The second-order valence-corrected chi connectivity index (χ2v) is 5.23. The summed E-state index contributed by atoms with van der Waals surface area (Å²) in [7, 11) is 0. The van der Waals surface area contributed by atoms with Crippen LogP contribution in [0, 0.1) is 0 Å². The van der Waals surface area contributed by atoms with Gasteiger partial charge in [0.15, 0.2) is 5.76 Å². The number of hydrogen-bond acceptors (Lipinski definition) is 4. The Morgan fingerprint density at radius 1 is 1.29 bits per heavy atom. The lowest BCUT2D eigenvalue weighted by Gasteiger charge is -2.02. The van der Waals surface area contributed by atoms with Crippen LogP contribution in [0.25, 0.3) is 0 Å². The van der Waals surface area contributed by atoms with Gasteiger partial charge in [0.1, 0.15) is 5.76 Å². The van der Waals surface area contributed by atoms with Crippen LogP contribution in [0.2, 0.25) is 0 Å². The minimum Gasteiger partial charge on any atom is -0.454 e. The first-order valence-electron chi connectivity index (χ1n) is 6.19. The molecule has 6 nitrogen and oxygen atoms in total. The van der Waals surface area contributed by atoms with Gasteiger partial charge in [0.2, 0.25) is 0 Å². The molecule has 1 N–H and O–H groups in total. The van der Waals surface area contributed by atoms with Crippen molar-refractivity contribution in [2.75, 3.05) is 5.32 Å². The minimum absolute atomic E-state index is 0.257. The van der Waals surface area contributed by atoms with E-state index in [1.54, 1.807) is 47.5 Å². The lowest BCUT2D eigenvalue weighted by Crippen LogP contribution is -2.10. The van der Waals surface area contributed by atoms with E-state index in [9.17, 15) is 4.79 Å². The maximum absolute atomic E-state index is 12.0. The molecule has 0 aromatic carbocycles. The van der Waals surface area contributed by atoms with Gasteiger partial charge in [-0.2, -0.15) is 5.10 Å². The van der Waals surface area contributed by atoms with Crippen LogP contribution in [0.4, 0.5) is 5.69 Å². The number of carbonyl (C=O) groups is 1. The maximum Gasteiger partial charge on any atom is 0.291 e. The van der Waals surface area contributed by atoms with Crippen LogP contribution in [0.15, 0.2) is 57.9 Å². The van der Waals surface area contributed by atoms with E-state index in [0.717, 1.165) is 4.47 Å². The van der Waals surface area contributed by atoms with E-state index in [1.165, 1.54) is 0 Å². The molecule has 0 aliphatic rings. The van der Waals surface area contributed by atoms with Crippen LogP contribution in [0.1, 0.15) is 16.3 Å². The summed E-state index contributed by atoms with van der Waals surface area (Å²) >= 11 is 3.33. The number of nitrogens with zero attached hydrogens (tertiary/aromatic N) is 3. The summed E-state index contributed by atoms with van der Waals surface area (Å²) in [5, 5.41) is 6.87. The molecule has 7 heteroatoms. The number of aromatic nitrogens is 3. The number of pyridine rings is 1. The molecule has 0 bridgehead atoms. The van der Waals surface area contributed by atoms with E-state index in [-0.39, 0.29) is 11.7 Å². The number of rotatable bonds is 4. The van der Waals surface area contributed by atoms with Gasteiger partial charge in [-0.1, -0.05) is 0 Å². The highest BCUT2D eigenvalue weighted by molar-refractivity contribution is 9.10. The van der Waals surface area contributed by atoms with Crippen LogP contribution in [0.5, 0.6) is 0 Å². The third-order valence-corrected chi connectivity index (χ3v) is 3.15. The van der Waals surface area contributed by atoms with Crippen molar-refractivity contribution < 1.29 is 9.21 Å². The molecule has 0 fully saturated rings. The highest BCUT2D eigenvalue weighted by Gasteiger charge is 2.12. The van der Waals surface area contributed by atoms with Crippen molar-refractivity contribution in [3.63, 3.8) is 0 Å². The normalized spacial score (nSPS) is 10.5. The molecule has 21 heavy (non-hydrogen) atoms. The van der Waals surface area contributed by atoms with Crippen LogP contribution < -0.4 is 5.32 Å². The van der Waals surface area contributed by atoms with Crippen LogP contribution in [0.3, 0.4) is 0 Å². The number of nitrogens with one attached hydrogen (secondary N) is 1. The number of halogens is 1. The molecule has 106 valence electrons. The highest BCUT2D eigenvalue weighted by Crippen LogP contribution is 2.13. The average molecular weight is 347 g/mol. The first-order valence-corrected chi connectivity index (χ1v) is 6.98. The van der Waals surface area contributed by atoms with Gasteiger partial charge in [0.05, 0.1) is 17.2 Å². The maximum atomic E-state index is 12.0. The predicted octanol–water partition coefficient (Wildman–Crippen LogP) is 2.93. The number of anilines is 1. The summed E-state index contributed by atoms with van der Waals surface area (Å²) in [5.41, 5.74) is 0.670. The quantitative estimate of drug-likeness (QED) is 0.788. The largest absolute Gasteiger partial charge is 0.454 e. The molecule has 3 aromatic rings. The standard InChI is InChI=1S/C14H11BrN4O2/c15-10-7-17-19(8-10)9-12-1-2-13(21-12)14(20)18-11-3-5-16-6-4-11/h1-8H,9H2,(H,16,18,20). The fourth-order valence-electron chi connectivity index (χ4n) is 1.80. The fraction of sp³-hybridized carbons (Fsp3) is 0.0714. The zero-order valence-electron chi connectivity index (χ0n) is 10.9. The van der Waals surface area contributed by atoms with Gasteiger partial charge in [-0.3, -0.25) is 14.5 Å². The summed E-state index contributed by atoms with van der Waals surface area (Å²) in [6, 6.07) is 6.83. The van der Waals surface area contributed by atoms with Crippen molar-refractivity contribution >= 4 is 27.5 Å². The Hall–Kier alpha value is -2.41. The Labute approximate surface area is 128 Å². The van der Waals surface area contributed by atoms with E-state index in [4.69, 9.17) is 4.42 Å². The number of amides is 1. The van der Waals surface area contributed by atoms with Crippen molar-refractivity contribution in [2.24, 2.45) is 0 Å². The smallest absolute Gasteiger partial charge is 0.291 e. The van der Waals surface area contributed by atoms with Crippen LogP contribution in [-0.4, -0.2) is 20.7 Å². The molecule has 0 aliphatic carbocycles. The molecule has 3 aromatic heterocycles. The van der Waals surface area contributed by atoms with Gasteiger partial charge < -0.3 is 9.73 Å². The Morgan fingerprint density at radius 3 is 2.81 bits per heavy atom. The average Bonchev–Trinajstić information content (AvgIpc) is 3.10. The Bertz CT molecular complexity index is 751. The van der Waals surface area contributed by atoms with Crippen molar-refractivity contribution in [1.29, 1.82) is 0 Å². The van der Waals surface area contributed by atoms with Gasteiger partial charge in [0.25, 0.3) is 5.91 Å². The Kier molecular flexibility index (Phi) is 3.83. The Balaban J connectivity index is 1.68. The van der Waals surface area contributed by atoms with Crippen LogP contribution in [-0.2, 0) is 6.54 Å². The third kappa shape index (κ3) is 3.38. The van der Waals surface area contributed by atoms with Gasteiger partial charge in [-0.05, 0) is 40.2 Å². The lowest BCUT2D eigenvalue weighted by molar-refractivity contribution is 0.0994. The molecule has 0 saturated heterocycles. The lowest BCUT2D eigenvalue weighted by atomic mass is 10.3. The topological polar surface area (TPSA) is 73.0 Å².